The van der Waals surface area contributed by atoms with Crippen molar-refractivity contribution in [2.24, 2.45) is 12.5 Å². The summed E-state index contributed by atoms with van der Waals surface area (Å²) in [5.74, 6) is 1.00. The molecular formula is C27H29ClN6O. The summed E-state index contributed by atoms with van der Waals surface area (Å²) in [6.45, 7) is 3.03. The number of fused-ring (bicyclic) bond motifs is 1. The second-order valence-corrected chi connectivity index (χ2v) is 11.4. The number of H-pyrrole nitrogens is 1. The van der Waals surface area contributed by atoms with Gasteiger partial charge in [-0.25, -0.2) is 0 Å². The highest BCUT2D eigenvalue weighted by atomic mass is 35.5. The predicted molar refractivity (Wildman–Crippen MR) is 136 cm³/mol. The number of benzene rings is 1. The average Bonchev–Trinajstić information content (AvgIpc) is 3.18. The van der Waals surface area contributed by atoms with Gasteiger partial charge in [0.2, 0.25) is 0 Å². The summed E-state index contributed by atoms with van der Waals surface area (Å²) in [5.41, 5.74) is 3.85. The molecule has 7 rings (SSSR count). The van der Waals surface area contributed by atoms with Crippen LogP contribution in [0.1, 0.15) is 55.6 Å². The van der Waals surface area contributed by atoms with Gasteiger partial charge in [0, 0.05) is 36.6 Å². The molecule has 4 aromatic rings. The van der Waals surface area contributed by atoms with Gasteiger partial charge in [0.1, 0.15) is 17.7 Å². The molecule has 2 saturated carbocycles. The Kier molecular flexibility index (Phi) is 4.61. The van der Waals surface area contributed by atoms with E-state index in [1.54, 1.807) is 17.1 Å². The van der Waals surface area contributed by atoms with Crippen molar-refractivity contribution >= 4 is 22.5 Å². The minimum atomic E-state index is -0.162. The summed E-state index contributed by atoms with van der Waals surface area (Å²) in [6.07, 6.45) is 10.8. The van der Waals surface area contributed by atoms with Gasteiger partial charge in [0.25, 0.3) is 5.56 Å². The van der Waals surface area contributed by atoms with Crippen LogP contribution in [0, 0.1) is 5.41 Å². The molecule has 3 aliphatic rings. The van der Waals surface area contributed by atoms with E-state index in [2.05, 4.69) is 32.2 Å². The minimum absolute atomic E-state index is 0.0748. The molecule has 35 heavy (non-hydrogen) atoms. The normalized spacial score (nSPS) is 20.5. The van der Waals surface area contributed by atoms with Crippen LogP contribution in [0.3, 0.4) is 0 Å². The van der Waals surface area contributed by atoms with E-state index in [0.717, 1.165) is 55.1 Å². The predicted octanol–water partition coefficient (Wildman–Crippen LogP) is 4.56. The molecule has 0 unspecified atom stereocenters. The van der Waals surface area contributed by atoms with Gasteiger partial charge in [0.05, 0.1) is 10.4 Å². The Bertz CT molecular complexity index is 1500. The fourth-order valence-electron chi connectivity index (χ4n) is 6.61. The summed E-state index contributed by atoms with van der Waals surface area (Å²) < 4.78 is 3.72. The maximum absolute atomic E-state index is 13.6. The lowest BCUT2D eigenvalue weighted by molar-refractivity contribution is 0.145. The molecule has 0 amide bonds. The van der Waals surface area contributed by atoms with Crippen LogP contribution in [-0.4, -0.2) is 42.3 Å². The van der Waals surface area contributed by atoms with Crippen LogP contribution in [0.4, 0.5) is 0 Å². The molecule has 0 atom stereocenters. The van der Waals surface area contributed by atoms with Crippen molar-refractivity contribution in [2.75, 3.05) is 13.1 Å². The van der Waals surface area contributed by atoms with E-state index >= 15 is 0 Å². The highest BCUT2D eigenvalue weighted by Crippen LogP contribution is 2.70. The van der Waals surface area contributed by atoms with Gasteiger partial charge in [-0.3, -0.25) is 14.3 Å². The molecular weight excluding hydrogens is 460 g/mol. The first-order chi connectivity index (χ1) is 17.0. The van der Waals surface area contributed by atoms with E-state index in [1.165, 1.54) is 31.2 Å². The molecule has 180 valence electrons. The second kappa shape index (κ2) is 7.55. The molecule has 1 spiro atoms. The van der Waals surface area contributed by atoms with Crippen molar-refractivity contribution in [3.05, 3.63) is 75.3 Å². The van der Waals surface area contributed by atoms with Gasteiger partial charge in [-0.05, 0) is 80.8 Å². The minimum Gasteiger partial charge on any atom is -0.353 e. The van der Waals surface area contributed by atoms with Crippen molar-refractivity contribution in [3.63, 3.8) is 0 Å². The number of rotatable bonds is 5. The topological polar surface area (TPSA) is 71.7 Å². The number of nitrogens with zero attached hydrogens (tertiary/aromatic N) is 5. The number of aromatic nitrogens is 5. The van der Waals surface area contributed by atoms with E-state index < -0.39 is 0 Å². The molecule has 2 aliphatic carbocycles. The molecule has 1 saturated heterocycles. The number of halogens is 1. The molecule has 3 fully saturated rings. The van der Waals surface area contributed by atoms with Crippen LogP contribution in [0.15, 0.2) is 47.7 Å². The zero-order valence-electron chi connectivity index (χ0n) is 19.9. The molecule has 4 heterocycles. The van der Waals surface area contributed by atoms with Gasteiger partial charge in [-0.2, -0.15) is 0 Å². The summed E-state index contributed by atoms with van der Waals surface area (Å²) >= 11 is 6.71. The molecule has 1 N–H and O–H groups in total. The first-order valence-corrected chi connectivity index (χ1v) is 12.9. The Labute approximate surface area is 208 Å². The fourth-order valence-corrected chi connectivity index (χ4v) is 6.85. The summed E-state index contributed by atoms with van der Waals surface area (Å²) in [5, 5.41) is 10.1. The van der Waals surface area contributed by atoms with Crippen molar-refractivity contribution in [2.45, 2.75) is 50.5 Å². The first kappa shape index (κ1) is 21.4. The summed E-state index contributed by atoms with van der Waals surface area (Å²) in [7, 11) is 2.02. The summed E-state index contributed by atoms with van der Waals surface area (Å²) in [4.78, 5) is 19.4. The lowest BCUT2D eigenvalue weighted by Crippen LogP contribution is -2.45. The summed E-state index contributed by atoms with van der Waals surface area (Å²) in [6, 6.07) is 10.4. The van der Waals surface area contributed by atoms with Crippen molar-refractivity contribution in [3.8, 4) is 5.69 Å². The van der Waals surface area contributed by atoms with Crippen LogP contribution in [0.2, 0.25) is 5.02 Å². The number of hydrogen-bond acceptors (Lipinski definition) is 4. The van der Waals surface area contributed by atoms with E-state index in [0.29, 0.717) is 16.0 Å². The van der Waals surface area contributed by atoms with Gasteiger partial charge in [0.15, 0.2) is 0 Å². The third-order valence-electron chi connectivity index (χ3n) is 8.53. The van der Waals surface area contributed by atoms with Crippen molar-refractivity contribution < 1.29 is 0 Å². The average molecular weight is 489 g/mol. The Hall–Kier alpha value is -2.90. The third-order valence-corrected chi connectivity index (χ3v) is 8.83. The van der Waals surface area contributed by atoms with E-state index in [9.17, 15) is 4.79 Å². The van der Waals surface area contributed by atoms with Gasteiger partial charge in [-0.15, -0.1) is 10.2 Å². The van der Waals surface area contributed by atoms with E-state index in [4.69, 9.17) is 11.6 Å². The van der Waals surface area contributed by atoms with Crippen molar-refractivity contribution in [1.82, 2.24) is 29.2 Å². The molecule has 0 radical (unpaired) electrons. The quantitative estimate of drug-likeness (QED) is 0.447. The molecule has 1 aliphatic heterocycles. The molecule has 1 aromatic carbocycles. The number of likely N-dealkylation sites (tertiary alicyclic amines) is 1. The first-order valence-electron chi connectivity index (χ1n) is 12.6. The molecule has 8 heteroatoms. The smallest absolute Gasteiger partial charge is 0.279 e. The Morgan fingerprint density at radius 1 is 1.14 bits per heavy atom. The Morgan fingerprint density at radius 3 is 2.66 bits per heavy atom. The van der Waals surface area contributed by atoms with Crippen LogP contribution in [0.5, 0.6) is 0 Å². The third kappa shape index (κ3) is 3.32. The standard InChI is InChI=1S/C27H29ClN6O/c1-32-17-29-31-25(32)27(15-26(16-27)7-8-26)18-5-4-6-20(11-18)34-14-22(28)21-12-19(30-23(21)24(34)35)13-33-9-2-3-10-33/h4-6,11-12,14,17,30H,2-3,7-10,13,15-16H2,1H3. The molecule has 7 nitrogen and oxygen atoms in total. The zero-order valence-corrected chi connectivity index (χ0v) is 20.7. The monoisotopic (exact) mass is 488 g/mol. The number of pyridine rings is 1. The second-order valence-electron chi connectivity index (χ2n) is 11.0. The van der Waals surface area contributed by atoms with Crippen molar-refractivity contribution in [1.29, 1.82) is 0 Å². The van der Waals surface area contributed by atoms with Gasteiger partial charge >= 0.3 is 0 Å². The van der Waals surface area contributed by atoms with E-state index in [-0.39, 0.29) is 11.0 Å². The van der Waals surface area contributed by atoms with E-state index in [1.807, 2.05) is 29.8 Å². The lowest BCUT2D eigenvalue weighted by atomic mass is 9.56. The Morgan fingerprint density at radius 2 is 1.94 bits per heavy atom. The van der Waals surface area contributed by atoms with Crippen LogP contribution < -0.4 is 5.56 Å². The number of nitrogens with one attached hydrogen (secondary N) is 1. The fraction of sp³-hybridized carbons (Fsp3) is 0.444. The number of aryl methyl sites for hydroxylation is 1. The van der Waals surface area contributed by atoms with Gasteiger partial charge < -0.3 is 9.55 Å². The van der Waals surface area contributed by atoms with Crippen LogP contribution >= 0.6 is 11.6 Å². The highest BCUT2D eigenvalue weighted by Gasteiger charge is 2.63. The maximum atomic E-state index is 13.6. The zero-order chi connectivity index (χ0) is 23.8. The lowest BCUT2D eigenvalue weighted by Gasteiger charge is -2.48. The van der Waals surface area contributed by atoms with Crippen LogP contribution in [-0.2, 0) is 19.0 Å². The van der Waals surface area contributed by atoms with Gasteiger partial charge in [-0.1, -0.05) is 23.7 Å². The number of aromatic amines is 1. The number of hydrogen-bond donors (Lipinski definition) is 1. The Balaban J connectivity index is 1.30. The maximum Gasteiger partial charge on any atom is 0.279 e. The van der Waals surface area contributed by atoms with Crippen LogP contribution in [0.25, 0.3) is 16.6 Å². The largest absolute Gasteiger partial charge is 0.353 e. The highest BCUT2D eigenvalue weighted by molar-refractivity contribution is 6.35. The molecule has 3 aromatic heterocycles. The molecule has 0 bridgehead atoms. The SMILES string of the molecule is Cn1cnnc1C1(c2cccc(-n3cc(Cl)c4cc(CN5CCCC5)[nH]c4c3=O)c2)CC2(CC2)C1.